The fourth-order valence-electron chi connectivity index (χ4n) is 2.16. The van der Waals surface area contributed by atoms with Crippen LogP contribution in [0.3, 0.4) is 0 Å². The van der Waals surface area contributed by atoms with Crippen LogP contribution in [0.2, 0.25) is 0 Å². The normalized spacial score (nSPS) is 11.8. The molecule has 0 spiro atoms. The van der Waals surface area contributed by atoms with Crippen molar-refractivity contribution in [3.05, 3.63) is 63.5 Å². The van der Waals surface area contributed by atoms with Crippen LogP contribution in [0.5, 0.6) is 11.5 Å². The number of benzene rings is 2. The van der Waals surface area contributed by atoms with Gasteiger partial charge in [0.25, 0.3) is 0 Å². The highest BCUT2D eigenvalue weighted by Crippen LogP contribution is 2.30. The second-order valence-electron chi connectivity index (χ2n) is 5.02. The second-order valence-corrected chi connectivity index (χ2v) is 5.02. The van der Waals surface area contributed by atoms with Gasteiger partial charge in [-0.2, -0.15) is 0 Å². The number of ether oxygens (including phenoxy) is 2. The Morgan fingerprint density at radius 1 is 1.29 bits per heavy atom. The van der Waals surface area contributed by atoms with E-state index in [0.717, 1.165) is 18.2 Å². The standard InChI is InChI=1S/C16H17FN2O5/c1-23-15-5-2-10(13(18)8-20)6-11(15)9-24-16-7-12(17)3-4-14(16)19(21)22/h2-7,13,20H,8-9,18H2,1H3/t13-/m0/s1. The molecular formula is C16H17FN2O5. The molecule has 2 aromatic rings. The lowest BCUT2D eigenvalue weighted by Crippen LogP contribution is -2.15. The van der Waals surface area contributed by atoms with E-state index in [1.54, 1.807) is 18.2 Å². The molecule has 128 valence electrons. The van der Waals surface area contributed by atoms with Gasteiger partial charge in [-0.05, 0) is 23.8 Å². The lowest BCUT2D eigenvalue weighted by atomic mass is 10.0. The average molecular weight is 336 g/mol. The highest BCUT2D eigenvalue weighted by atomic mass is 19.1. The summed E-state index contributed by atoms with van der Waals surface area (Å²) in [5.74, 6) is -0.333. The number of aliphatic hydroxyl groups is 1. The largest absolute Gasteiger partial charge is 0.496 e. The Labute approximate surface area is 137 Å². The van der Waals surface area contributed by atoms with Crippen LogP contribution in [0.15, 0.2) is 36.4 Å². The highest BCUT2D eigenvalue weighted by molar-refractivity contribution is 5.47. The van der Waals surface area contributed by atoms with E-state index in [1.807, 2.05) is 0 Å². The molecule has 0 radical (unpaired) electrons. The molecule has 0 aliphatic heterocycles. The monoisotopic (exact) mass is 336 g/mol. The topological polar surface area (TPSA) is 108 Å². The summed E-state index contributed by atoms with van der Waals surface area (Å²) < 4.78 is 23.9. The maximum atomic E-state index is 13.3. The van der Waals surface area contributed by atoms with Crippen LogP contribution in [-0.2, 0) is 6.61 Å². The SMILES string of the molecule is COc1ccc([C@@H](N)CO)cc1COc1cc(F)ccc1[N+](=O)[O-]. The van der Waals surface area contributed by atoms with Gasteiger partial charge in [-0.25, -0.2) is 4.39 Å². The molecule has 24 heavy (non-hydrogen) atoms. The number of hydrogen-bond donors (Lipinski definition) is 2. The maximum Gasteiger partial charge on any atom is 0.311 e. The highest BCUT2D eigenvalue weighted by Gasteiger charge is 2.17. The molecule has 2 aromatic carbocycles. The Morgan fingerprint density at radius 3 is 2.67 bits per heavy atom. The van der Waals surface area contributed by atoms with Crippen LogP contribution in [0.4, 0.5) is 10.1 Å². The maximum absolute atomic E-state index is 13.3. The van der Waals surface area contributed by atoms with E-state index in [2.05, 4.69) is 0 Å². The first-order valence-electron chi connectivity index (χ1n) is 7.06. The zero-order valence-corrected chi connectivity index (χ0v) is 12.9. The molecule has 0 aliphatic rings. The van der Waals surface area contributed by atoms with Gasteiger partial charge in [0.15, 0.2) is 5.75 Å². The van der Waals surface area contributed by atoms with E-state index in [4.69, 9.17) is 20.3 Å². The molecule has 0 bridgehead atoms. The van der Waals surface area contributed by atoms with Crippen LogP contribution < -0.4 is 15.2 Å². The fourth-order valence-corrected chi connectivity index (χ4v) is 2.16. The summed E-state index contributed by atoms with van der Waals surface area (Å²) in [5, 5.41) is 20.1. The van der Waals surface area contributed by atoms with E-state index in [1.165, 1.54) is 7.11 Å². The molecule has 0 heterocycles. The predicted octanol–water partition coefficient (Wildman–Crippen LogP) is 2.31. The minimum atomic E-state index is -0.649. The van der Waals surface area contributed by atoms with Crippen molar-refractivity contribution in [1.82, 2.24) is 0 Å². The minimum Gasteiger partial charge on any atom is -0.496 e. The molecule has 7 nitrogen and oxygen atoms in total. The van der Waals surface area contributed by atoms with Gasteiger partial charge in [-0.15, -0.1) is 0 Å². The molecule has 8 heteroatoms. The first-order chi connectivity index (χ1) is 11.5. The summed E-state index contributed by atoms with van der Waals surface area (Å²) >= 11 is 0. The lowest BCUT2D eigenvalue weighted by Gasteiger charge is -2.14. The quantitative estimate of drug-likeness (QED) is 0.593. The number of nitrogens with zero attached hydrogens (tertiary/aromatic N) is 1. The van der Waals surface area contributed by atoms with E-state index >= 15 is 0 Å². The third-order valence-electron chi connectivity index (χ3n) is 3.43. The number of halogens is 1. The van der Waals surface area contributed by atoms with Crippen LogP contribution in [0.25, 0.3) is 0 Å². The van der Waals surface area contributed by atoms with Crippen molar-refractivity contribution in [2.45, 2.75) is 12.6 Å². The molecule has 2 rings (SSSR count). The number of rotatable bonds is 7. The zero-order chi connectivity index (χ0) is 17.7. The van der Waals surface area contributed by atoms with E-state index in [-0.39, 0.29) is 24.7 Å². The molecule has 0 unspecified atom stereocenters. The summed E-state index contributed by atoms with van der Waals surface area (Å²) in [6.07, 6.45) is 0. The molecule has 0 aliphatic carbocycles. The minimum absolute atomic E-state index is 0.0839. The Balaban J connectivity index is 2.28. The number of nitrogens with two attached hydrogens (primary N) is 1. The molecular weight excluding hydrogens is 319 g/mol. The van der Waals surface area contributed by atoms with Crippen molar-refractivity contribution >= 4 is 5.69 Å². The van der Waals surface area contributed by atoms with Gasteiger partial charge in [-0.3, -0.25) is 10.1 Å². The summed E-state index contributed by atoms with van der Waals surface area (Å²) in [6.45, 7) is -0.318. The van der Waals surface area contributed by atoms with Crippen molar-refractivity contribution in [2.75, 3.05) is 13.7 Å². The van der Waals surface area contributed by atoms with E-state index in [9.17, 15) is 14.5 Å². The van der Waals surface area contributed by atoms with Crippen molar-refractivity contribution in [3.63, 3.8) is 0 Å². The first kappa shape index (κ1) is 17.6. The van der Waals surface area contributed by atoms with E-state index in [0.29, 0.717) is 16.9 Å². The van der Waals surface area contributed by atoms with Gasteiger partial charge in [-0.1, -0.05) is 6.07 Å². The summed E-state index contributed by atoms with van der Waals surface area (Å²) in [6, 6.07) is 7.45. The summed E-state index contributed by atoms with van der Waals surface area (Å²) in [7, 11) is 1.47. The summed E-state index contributed by atoms with van der Waals surface area (Å²) in [4.78, 5) is 10.3. The second kappa shape index (κ2) is 7.71. The Morgan fingerprint density at radius 2 is 2.04 bits per heavy atom. The number of nitro groups is 1. The van der Waals surface area contributed by atoms with Gasteiger partial charge in [0.2, 0.25) is 0 Å². The van der Waals surface area contributed by atoms with Gasteiger partial charge < -0.3 is 20.3 Å². The van der Waals surface area contributed by atoms with Crippen LogP contribution >= 0.6 is 0 Å². The van der Waals surface area contributed by atoms with Crippen LogP contribution in [0, 0.1) is 15.9 Å². The number of nitro benzene ring substituents is 1. The van der Waals surface area contributed by atoms with Crippen molar-refractivity contribution in [2.24, 2.45) is 5.73 Å². The smallest absolute Gasteiger partial charge is 0.311 e. The Hall–Kier alpha value is -2.71. The van der Waals surface area contributed by atoms with Gasteiger partial charge in [0, 0.05) is 17.7 Å². The van der Waals surface area contributed by atoms with Gasteiger partial charge in [0.05, 0.1) is 24.7 Å². The van der Waals surface area contributed by atoms with Gasteiger partial charge in [0.1, 0.15) is 18.2 Å². The van der Waals surface area contributed by atoms with Crippen molar-refractivity contribution < 1.29 is 23.9 Å². The molecule has 0 amide bonds. The predicted molar refractivity (Wildman–Crippen MR) is 84.4 cm³/mol. The third-order valence-corrected chi connectivity index (χ3v) is 3.43. The first-order valence-corrected chi connectivity index (χ1v) is 7.06. The molecule has 0 saturated heterocycles. The van der Waals surface area contributed by atoms with Gasteiger partial charge >= 0.3 is 5.69 Å². The average Bonchev–Trinajstić information content (AvgIpc) is 2.58. The lowest BCUT2D eigenvalue weighted by molar-refractivity contribution is -0.386. The van der Waals surface area contributed by atoms with Crippen molar-refractivity contribution in [1.29, 1.82) is 0 Å². The third kappa shape index (κ3) is 3.98. The molecule has 0 aromatic heterocycles. The molecule has 1 atom stereocenters. The number of aliphatic hydroxyl groups excluding tert-OH is 1. The van der Waals surface area contributed by atoms with E-state index < -0.39 is 16.8 Å². The summed E-state index contributed by atoms with van der Waals surface area (Å²) in [5.41, 5.74) is 6.67. The van der Waals surface area contributed by atoms with Crippen molar-refractivity contribution in [3.8, 4) is 11.5 Å². The molecule has 0 fully saturated rings. The Bertz CT molecular complexity index is 738. The molecule has 3 N–H and O–H groups in total. The molecule has 0 saturated carbocycles. The number of hydrogen-bond acceptors (Lipinski definition) is 6. The zero-order valence-electron chi connectivity index (χ0n) is 12.9. The number of methoxy groups -OCH3 is 1. The van der Waals surface area contributed by atoms with Crippen LogP contribution in [0.1, 0.15) is 17.2 Å². The fraction of sp³-hybridized carbons (Fsp3) is 0.250. The van der Waals surface area contributed by atoms with Crippen LogP contribution in [-0.4, -0.2) is 23.7 Å². The Kier molecular flexibility index (Phi) is 5.67.